The summed E-state index contributed by atoms with van der Waals surface area (Å²) in [6.07, 6.45) is 0.861. The van der Waals surface area contributed by atoms with Gasteiger partial charge in [-0.05, 0) is 66.1 Å². The van der Waals surface area contributed by atoms with Gasteiger partial charge in [0.05, 0.1) is 18.8 Å². The van der Waals surface area contributed by atoms with E-state index in [1.165, 1.54) is 0 Å². The minimum Gasteiger partial charge on any atom is -0.497 e. The van der Waals surface area contributed by atoms with Gasteiger partial charge in [0.1, 0.15) is 23.8 Å². The summed E-state index contributed by atoms with van der Waals surface area (Å²) >= 11 is 5.96. The predicted molar refractivity (Wildman–Crippen MR) is 136 cm³/mol. The number of methoxy groups -OCH3 is 1. The summed E-state index contributed by atoms with van der Waals surface area (Å²) in [6.45, 7) is 3.18. The highest BCUT2D eigenvalue weighted by molar-refractivity contribution is 6.30. The normalized spacial score (nSPS) is 14.8. The molecule has 6 nitrogen and oxygen atoms in total. The van der Waals surface area contributed by atoms with Crippen LogP contribution in [0.4, 0.5) is 0 Å². The number of hydrogen-bond acceptors (Lipinski definition) is 4. The molecule has 0 spiro atoms. The van der Waals surface area contributed by atoms with Crippen LogP contribution in [-0.4, -0.2) is 34.7 Å². The zero-order valence-corrected chi connectivity index (χ0v) is 20.4. The van der Waals surface area contributed by atoms with Crippen molar-refractivity contribution in [2.75, 3.05) is 13.7 Å². The molecule has 0 aliphatic carbocycles. The zero-order chi connectivity index (χ0) is 24.4. The fraction of sp³-hybridized carbons (Fsp3) is 0.214. The number of nitrogens with one attached hydrogen (secondary N) is 1. The monoisotopic (exact) mass is 487 g/mol. The van der Waals surface area contributed by atoms with Crippen LogP contribution in [0.3, 0.4) is 0 Å². The number of halogens is 1. The van der Waals surface area contributed by atoms with E-state index in [0.717, 1.165) is 45.9 Å². The van der Waals surface area contributed by atoms with Crippen LogP contribution >= 0.6 is 11.6 Å². The van der Waals surface area contributed by atoms with Gasteiger partial charge in [-0.3, -0.25) is 9.89 Å². The maximum absolute atomic E-state index is 13.3. The first-order valence-electron chi connectivity index (χ1n) is 11.6. The molecule has 1 N–H and O–H groups in total. The number of benzene rings is 3. The molecular formula is C28H26ClN3O3. The second-order valence-corrected chi connectivity index (χ2v) is 8.91. The smallest absolute Gasteiger partial charge is 0.273 e. The van der Waals surface area contributed by atoms with E-state index < -0.39 is 0 Å². The second kappa shape index (κ2) is 9.84. The summed E-state index contributed by atoms with van der Waals surface area (Å²) in [5.74, 6) is 1.51. The fourth-order valence-electron chi connectivity index (χ4n) is 4.48. The van der Waals surface area contributed by atoms with Gasteiger partial charge in [0.2, 0.25) is 0 Å². The topological polar surface area (TPSA) is 67.5 Å². The summed E-state index contributed by atoms with van der Waals surface area (Å²) in [5.41, 5.74) is 5.23. The van der Waals surface area contributed by atoms with E-state index in [1.54, 1.807) is 7.11 Å². The van der Waals surface area contributed by atoms with Crippen molar-refractivity contribution in [2.24, 2.45) is 0 Å². The second-order valence-electron chi connectivity index (χ2n) is 8.47. The Balaban J connectivity index is 1.44. The summed E-state index contributed by atoms with van der Waals surface area (Å²) in [4.78, 5) is 15.2. The van der Waals surface area contributed by atoms with Gasteiger partial charge >= 0.3 is 0 Å². The molecule has 0 saturated carbocycles. The van der Waals surface area contributed by atoms with Gasteiger partial charge < -0.3 is 14.4 Å². The van der Waals surface area contributed by atoms with E-state index in [-0.39, 0.29) is 11.9 Å². The van der Waals surface area contributed by atoms with Crippen molar-refractivity contribution in [1.29, 1.82) is 0 Å². The number of ether oxygens (including phenoxy) is 2. The summed E-state index contributed by atoms with van der Waals surface area (Å²) in [5, 5.41) is 8.22. The molecule has 3 aromatic carbocycles. The molecule has 0 saturated heterocycles. The van der Waals surface area contributed by atoms with Crippen molar-refractivity contribution >= 4 is 17.5 Å². The highest BCUT2D eigenvalue weighted by Gasteiger charge is 2.41. The number of hydrogen-bond donors (Lipinski definition) is 1. The number of fused-ring (bicyclic) bond motifs is 1. The Morgan fingerprint density at radius 3 is 2.31 bits per heavy atom. The molecule has 0 fully saturated rings. The van der Waals surface area contributed by atoms with E-state index in [1.807, 2.05) is 77.7 Å². The molecule has 35 heavy (non-hydrogen) atoms. The van der Waals surface area contributed by atoms with Gasteiger partial charge in [-0.2, -0.15) is 5.10 Å². The van der Waals surface area contributed by atoms with Crippen molar-refractivity contribution in [3.05, 3.63) is 100 Å². The average molecular weight is 488 g/mol. The largest absolute Gasteiger partial charge is 0.497 e. The van der Waals surface area contributed by atoms with Crippen molar-refractivity contribution in [3.8, 4) is 22.8 Å². The SMILES string of the molecule is CCCN1C(=O)c2[nH]nc(-c3ccc(OC)cc3)c2C1c1ccc(OCc2ccc(Cl)cc2)cc1. The van der Waals surface area contributed by atoms with Crippen LogP contribution in [0.1, 0.15) is 46.6 Å². The Labute approximate surface area is 209 Å². The minimum absolute atomic E-state index is 0.0258. The van der Waals surface area contributed by atoms with Crippen LogP contribution in [0, 0.1) is 0 Å². The number of carbonyl (C=O) groups excluding carboxylic acids is 1. The third-order valence-electron chi connectivity index (χ3n) is 6.21. The van der Waals surface area contributed by atoms with E-state index >= 15 is 0 Å². The Morgan fingerprint density at radius 1 is 0.971 bits per heavy atom. The first-order valence-corrected chi connectivity index (χ1v) is 12.0. The van der Waals surface area contributed by atoms with E-state index in [0.29, 0.717) is 23.9 Å². The van der Waals surface area contributed by atoms with Crippen molar-refractivity contribution in [1.82, 2.24) is 15.1 Å². The number of amides is 1. The number of aromatic nitrogens is 2. The Morgan fingerprint density at radius 2 is 1.66 bits per heavy atom. The maximum Gasteiger partial charge on any atom is 0.273 e. The van der Waals surface area contributed by atoms with Gasteiger partial charge in [-0.25, -0.2) is 0 Å². The first kappa shape index (κ1) is 23.0. The van der Waals surface area contributed by atoms with Gasteiger partial charge in [0.25, 0.3) is 5.91 Å². The highest BCUT2D eigenvalue weighted by atomic mass is 35.5. The van der Waals surface area contributed by atoms with Crippen LogP contribution < -0.4 is 9.47 Å². The van der Waals surface area contributed by atoms with E-state index in [2.05, 4.69) is 17.1 Å². The van der Waals surface area contributed by atoms with Crippen LogP contribution in [0.2, 0.25) is 5.02 Å². The summed E-state index contributed by atoms with van der Waals surface area (Å²) in [7, 11) is 1.64. The van der Waals surface area contributed by atoms with Crippen LogP contribution in [0.15, 0.2) is 72.8 Å². The number of rotatable bonds is 8. The Bertz CT molecular complexity index is 1320. The Hall–Kier alpha value is -3.77. The minimum atomic E-state index is -0.224. The molecule has 0 bridgehead atoms. The summed E-state index contributed by atoms with van der Waals surface area (Å²) in [6, 6.07) is 23.1. The molecule has 1 amide bonds. The molecule has 7 heteroatoms. The molecule has 1 aliphatic rings. The lowest BCUT2D eigenvalue weighted by Gasteiger charge is -2.26. The summed E-state index contributed by atoms with van der Waals surface area (Å²) < 4.78 is 11.3. The molecule has 0 radical (unpaired) electrons. The lowest BCUT2D eigenvalue weighted by molar-refractivity contribution is 0.0744. The third kappa shape index (κ3) is 4.49. The zero-order valence-electron chi connectivity index (χ0n) is 19.6. The van der Waals surface area contributed by atoms with Gasteiger partial charge in [0.15, 0.2) is 0 Å². The highest BCUT2D eigenvalue weighted by Crippen LogP contribution is 2.43. The van der Waals surface area contributed by atoms with Crippen LogP contribution in [0.5, 0.6) is 11.5 Å². The third-order valence-corrected chi connectivity index (χ3v) is 6.46. The first-order chi connectivity index (χ1) is 17.1. The molecule has 5 rings (SSSR count). The van der Waals surface area contributed by atoms with E-state index in [9.17, 15) is 4.79 Å². The van der Waals surface area contributed by atoms with Crippen LogP contribution in [0.25, 0.3) is 11.3 Å². The van der Waals surface area contributed by atoms with Crippen molar-refractivity contribution in [2.45, 2.75) is 26.0 Å². The van der Waals surface area contributed by atoms with Crippen molar-refractivity contribution in [3.63, 3.8) is 0 Å². The molecule has 4 aromatic rings. The molecule has 178 valence electrons. The van der Waals surface area contributed by atoms with Gasteiger partial charge in [-0.15, -0.1) is 0 Å². The van der Waals surface area contributed by atoms with Gasteiger partial charge in [0, 0.05) is 22.7 Å². The number of carbonyl (C=O) groups is 1. The quantitative estimate of drug-likeness (QED) is 0.318. The Kier molecular flexibility index (Phi) is 6.47. The molecule has 1 atom stereocenters. The fourth-order valence-corrected chi connectivity index (χ4v) is 4.60. The number of H-pyrrole nitrogens is 1. The molecule has 1 aromatic heterocycles. The number of nitrogens with zero attached hydrogens (tertiary/aromatic N) is 2. The molecule has 2 heterocycles. The molecular weight excluding hydrogens is 462 g/mol. The van der Waals surface area contributed by atoms with Crippen LogP contribution in [-0.2, 0) is 6.61 Å². The lowest BCUT2D eigenvalue weighted by atomic mass is 9.96. The maximum atomic E-state index is 13.3. The molecule has 1 aliphatic heterocycles. The van der Waals surface area contributed by atoms with E-state index in [4.69, 9.17) is 21.1 Å². The molecule has 1 unspecified atom stereocenters. The standard InChI is InChI=1S/C28H26ClN3O3/c1-3-16-32-27(20-8-14-23(15-9-20)35-17-18-4-10-21(29)11-5-18)24-25(30-31-26(24)28(32)33)19-6-12-22(34-2)13-7-19/h4-15,27H,3,16-17H2,1-2H3,(H,30,31). The average Bonchev–Trinajstić information content (AvgIpc) is 3.43. The predicted octanol–water partition coefficient (Wildman–Crippen LogP) is 6.27. The lowest BCUT2D eigenvalue weighted by Crippen LogP contribution is -2.30. The van der Waals surface area contributed by atoms with Crippen molar-refractivity contribution < 1.29 is 14.3 Å². The number of aromatic amines is 1. The van der Waals surface area contributed by atoms with Gasteiger partial charge in [-0.1, -0.05) is 42.8 Å².